The number of carbonyl (C=O) groups excluding carboxylic acids is 1. The highest BCUT2D eigenvalue weighted by atomic mass is 16.1. The molecule has 5 nitrogen and oxygen atoms in total. The van der Waals surface area contributed by atoms with Gasteiger partial charge < -0.3 is 16.0 Å². The molecule has 0 atom stereocenters. The highest BCUT2D eigenvalue weighted by Crippen LogP contribution is 2.22. The third kappa shape index (κ3) is 2.82. The van der Waals surface area contributed by atoms with Crippen molar-refractivity contribution in [2.45, 2.75) is 32.7 Å². The number of hydrogen-bond acceptors (Lipinski definition) is 3. The molecule has 1 heterocycles. The maximum absolute atomic E-state index is 11.4. The first-order valence-electron chi connectivity index (χ1n) is 6.49. The van der Waals surface area contributed by atoms with Crippen LogP contribution in [0.2, 0.25) is 0 Å². The molecule has 1 aromatic carbocycles. The van der Waals surface area contributed by atoms with Crippen LogP contribution >= 0.6 is 0 Å². The van der Waals surface area contributed by atoms with Gasteiger partial charge in [0.25, 0.3) is 5.91 Å². The second-order valence-corrected chi connectivity index (χ2v) is 5.92. The Labute approximate surface area is 118 Å². The molecule has 106 valence electrons. The van der Waals surface area contributed by atoms with E-state index >= 15 is 0 Å². The summed E-state index contributed by atoms with van der Waals surface area (Å²) in [4.78, 5) is 15.3. The molecule has 0 saturated heterocycles. The Balaban J connectivity index is 2.25. The van der Waals surface area contributed by atoms with Gasteiger partial charge >= 0.3 is 0 Å². The second-order valence-electron chi connectivity index (χ2n) is 5.92. The SMILES string of the molecule is CC(C)(C)c1ccc(Cn2cnc(N)c2C(N)=O)cc1. The fourth-order valence-electron chi connectivity index (χ4n) is 2.09. The molecule has 0 aliphatic heterocycles. The average Bonchev–Trinajstić information content (AvgIpc) is 2.70. The first-order chi connectivity index (χ1) is 9.29. The van der Waals surface area contributed by atoms with Crippen LogP contribution in [0.1, 0.15) is 42.4 Å². The number of amides is 1. The fraction of sp³-hybridized carbons (Fsp3) is 0.333. The van der Waals surface area contributed by atoms with Crippen molar-refractivity contribution in [1.29, 1.82) is 0 Å². The number of benzene rings is 1. The molecule has 0 spiro atoms. The molecule has 20 heavy (non-hydrogen) atoms. The van der Waals surface area contributed by atoms with Gasteiger partial charge in [-0.05, 0) is 16.5 Å². The smallest absolute Gasteiger partial charge is 0.269 e. The van der Waals surface area contributed by atoms with E-state index in [2.05, 4.69) is 37.9 Å². The lowest BCUT2D eigenvalue weighted by atomic mass is 9.87. The molecule has 0 aliphatic carbocycles. The predicted molar refractivity (Wildman–Crippen MR) is 79.4 cm³/mol. The van der Waals surface area contributed by atoms with Gasteiger partial charge in [0.15, 0.2) is 11.5 Å². The number of aromatic nitrogens is 2. The molecule has 0 saturated carbocycles. The Morgan fingerprint density at radius 3 is 2.35 bits per heavy atom. The van der Waals surface area contributed by atoms with Crippen molar-refractivity contribution in [2.24, 2.45) is 5.73 Å². The van der Waals surface area contributed by atoms with Crippen LogP contribution in [0.3, 0.4) is 0 Å². The van der Waals surface area contributed by atoms with Crippen LogP contribution in [0.15, 0.2) is 30.6 Å². The quantitative estimate of drug-likeness (QED) is 0.894. The van der Waals surface area contributed by atoms with Gasteiger partial charge in [0.1, 0.15) is 0 Å². The molecular formula is C15H20N4O. The van der Waals surface area contributed by atoms with Gasteiger partial charge in [-0.3, -0.25) is 4.79 Å². The van der Waals surface area contributed by atoms with Gasteiger partial charge in [0.2, 0.25) is 0 Å². The van der Waals surface area contributed by atoms with E-state index in [1.807, 2.05) is 12.1 Å². The lowest BCUT2D eigenvalue weighted by molar-refractivity contribution is 0.0993. The third-order valence-corrected chi connectivity index (χ3v) is 3.27. The minimum absolute atomic E-state index is 0.121. The standard InChI is InChI=1S/C15H20N4O/c1-15(2,3)11-6-4-10(5-7-11)8-19-9-18-13(16)12(19)14(17)20/h4-7,9H,8,16H2,1-3H3,(H2,17,20). The van der Waals surface area contributed by atoms with Crippen LogP contribution in [0.5, 0.6) is 0 Å². The summed E-state index contributed by atoms with van der Waals surface area (Å²) < 4.78 is 1.67. The summed E-state index contributed by atoms with van der Waals surface area (Å²) in [5.41, 5.74) is 13.7. The number of imidazole rings is 1. The van der Waals surface area contributed by atoms with E-state index < -0.39 is 5.91 Å². The Morgan fingerprint density at radius 1 is 1.25 bits per heavy atom. The number of anilines is 1. The largest absolute Gasteiger partial charge is 0.382 e. The van der Waals surface area contributed by atoms with Crippen molar-refractivity contribution in [3.8, 4) is 0 Å². The molecule has 0 bridgehead atoms. The van der Waals surface area contributed by atoms with E-state index in [4.69, 9.17) is 11.5 Å². The van der Waals surface area contributed by atoms with Gasteiger partial charge in [-0.15, -0.1) is 0 Å². The van der Waals surface area contributed by atoms with Gasteiger partial charge in [-0.2, -0.15) is 0 Å². The molecule has 0 aliphatic rings. The molecular weight excluding hydrogens is 252 g/mol. The van der Waals surface area contributed by atoms with Crippen LogP contribution in [0, 0.1) is 0 Å². The first kappa shape index (κ1) is 14.1. The molecule has 1 amide bonds. The van der Waals surface area contributed by atoms with E-state index in [0.717, 1.165) is 5.56 Å². The van der Waals surface area contributed by atoms with Gasteiger partial charge in [0, 0.05) is 6.54 Å². The van der Waals surface area contributed by atoms with E-state index in [0.29, 0.717) is 6.54 Å². The number of primary amides is 1. The van der Waals surface area contributed by atoms with E-state index in [1.54, 1.807) is 4.57 Å². The minimum atomic E-state index is -0.564. The number of nitrogens with zero attached hydrogens (tertiary/aromatic N) is 2. The topological polar surface area (TPSA) is 86.9 Å². The average molecular weight is 272 g/mol. The molecule has 4 N–H and O–H groups in total. The Morgan fingerprint density at radius 2 is 1.85 bits per heavy atom. The highest BCUT2D eigenvalue weighted by molar-refractivity contribution is 5.95. The zero-order valence-electron chi connectivity index (χ0n) is 12.1. The zero-order chi connectivity index (χ0) is 14.9. The van der Waals surface area contributed by atoms with Crippen molar-refractivity contribution < 1.29 is 4.79 Å². The maximum atomic E-state index is 11.4. The summed E-state index contributed by atoms with van der Waals surface area (Å²) in [5, 5.41) is 0. The molecule has 1 aromatic heterocycles. The van der Waals surface area contributed by atoms with Crippen LogP contribution in [0.25, 0.3) is 0 Å². The monoisotopic (exact) mass is 272 g/mol. The van der Waals surface area contributed by atoms with Crippen molar-refractivity contribution in [1.82, 2.24) is 9.55 Å². The normalized spacial score (nSPS) is 11.6. The fourth-order valence-corrected chi connectivity index (χ4v) is 2.09. The molecule has 2 aromatic rings. The van der Waals surface area contributed by atoms with Crippen LogP contribution in [-0.4, -0.2) is 15.5 Å². The Bertz CT molecular complexity index is 620. The summed E-state index contributed by atoms with van der Waals surface area (Å²) in [6.45, 7) is 7.03. The lowest BCUT2D eigenvalue weighted by Gasteiger charge is -2.19. The number of nitrogens with two attached hydrogens (primary N) is 2. The number of carbonyl (C=O) groups is 1. The molecule has 2 rings (SSSR count). The maximum Gasteiger partial charge on any atom is 0.269 e. The van der Waals surface area contributed by atoms with E-state index in [9.17, 15) is 4.79 Å². The predicted octanol–water partition coefficient (Wildman–Crippen LogP) is 1.91. The van der Waals surface area contributed by atoms with Crippen LogP contribution in [0.4, 0.5) is 5.82 Å². The number of rotatable bonds is 3. The number of hydrogen-bond donors (Lipinski definition) is 2. The van der Waals surface area contributed by atoms with Gasteiger partial charge in [-0.1, -0.05) is 45.0 Å². The van der Waals surface area contributed by atoms with E-state index in [-0.39, 0.29) is 16.9 Å². The van der Waals surface area contributed by atoms with Crippen LogP contribution in [-0.2, 0) is 12.0 Å². The van der Waals surface area contributed by atoms with Gasteiger partial charge in [0.05, 0.1) is 6.33 Å². The Hall–Kier alpha value is -2.30. The van der Waals surface area contributed by atoms with Crippen molar-refractivity contribution in [3.05, 3.63) is 47.4 Å². The summed E-state index contributed by atoms with van der Waals surface area (Å²) >= 11 is 0. The second kappa shape index (κ2) is 5.00. The number of nitrogen functional groups attached to an aromatic ring is 1. The zero-order valence-corrected chi connectivity index (χ0v) is 12.1. The Kier molecular flexibility index (Phi) is 3.53. The summed E-state index contributed by atoms with van der Waals surface area (Å²) in [6.07, 6.45) is 1.53. The van der Waals surface area contributed by atoms with Gasteiger partial charge in [-0.25, -0.2) is 4.98 Å². The lowest BCUT2D eigenvalue weighted by Crippen LogP contribution is -2.18. The summed E-state index contributed by atoms with van der Waals surface area (Å²) in [5.74, 6) is -0.393. The van der Waals surface area contributed by atoms with Crippen molar-refractivity contribution in [3.63, 3.8) is 0 Å². The van der Waals surface area contributed by atoms with Crippen molar-refractivity contribution in [2.75, 3.05) is 5.73 Å². The summed E-state index contributed by atoms with van der Waals surface area (Å²) in [6, 6.07) is 8.28. The van der Waals surface area contributed by atoms with Crippen molar-refractivity contribution >= 4 is 11.7 Å². The molecule has 0 fully saturated rings. The highest BCUT2D eigenvalue weighted by Gasteiger charge is 2.15. The summed E-state index contributed by atoms with van der Waals surface area (Å²) in [7, 11) is 0. The molecule has 0 unspecified atom stereocenters. The third-order valence-electron chi connectivity index (χ3n) is 3.27. The first-order valence-corrected chi connectivity index (χ1v) is 6.49. The van der Waals surface area contributed by atoms with Crippen LogP contribution < -0.4 is 11.5 Å². The molecule has 0 radical (unpaired) electrons. The van der Waals surface area contributed by atoms with E-state index in [1.165, 1.54) is 11.9 Å². The minimum Gasteiger partial charge on any atom is -0.382 e. The molecule has 5 heteroatoms.